The second-order valence-electron chi connectivity index (χ2n) is 3.77. The molecule has 0 amide bonds. The van der Waals surface area contributed by atoms with Crippen molar-refractivity contribution in [2.45, 2.75) is 19.3 Å². The summed E-state index contributed by atoms with van der Waals surface area (Å²) in [6.45, 7) is 0. The molecule has 0 aliphatic rings. The van der Waals surface area contributed by atoms with Crippen molar-refractivity contribution >= 4 is 17.3 Å². The molecule has 0 spiro atoms. The highest BCUT2D eigenvalue weighted by Crippen LogP contribution is 2.13. The van der Waals surface area contributed by atoms with Crippen molar-refractivity contribution in [1.29, 1.82) is 0 Å². The number of aryl methyl sites for hydroxylation is 2. The average Bonchev–Trinajstić information content (AvgIpc) is 2.79. The van der Waals surface area contributed by atoms with E-state index in [-0.39, 0.29) is 5.69 Å². The molecule has 0 saturated heterocycles. The Balaban J connectivity index is 1.84. The summed E-state index contributed by atoms with van der Waals surface area (Å²) in [5.41, 5.74) is 1.47. The second-order valence-corrected chi connectivity index (χ2v) is 4.71. The zero-order valence-corrected chi connectivity index (χ0v) is 10.1. The maximum Gasteiger partial charge on any atom is 0.355 e. The fourth-order valence-corrected chi connectivity index (χ4v) is 2.43. The van der Waals surface area contributed by atoms with Gasteiger partial charge in [-0.15, -0.1) is 11.3 Å². The molecule has 2 aromatic rings. The Morgan fingerprint density at radius 3 is 2.65 bits per heavy atom. The van der Waals surface area contributed by atoms with Gasteiger partial charge in [0.15, 0.2) is 5.69 Å². The Labute approximate surface area is 104 Å². The number of hydrogen-bond donors (Lipinski definition) is 1. The number of carboxylic acid groups (broad SMARTS) is 1. The molecule has 3 nitrogen and oxygen atoms in total. The molecule has 0 saturated carbocycles. The Bertz CT molecular complexity index is 493. The van der Waals surface area contributed by atoms with Crippen LogP contribution in [0.2, 0.25) is 0 Å². The SMILES string of the molecule is O=C(O)c1csc(CCCc2ccccc2)n1. The van der Waals surface area contributed by atoms with E-state index in [4.69, 9.17) is 5.11 Å². The van der Waals surface area contributed by atoms with E-state index in [2.05, 4.69) is 17.1 Å². The zero-order chi connectivity index (χ0) is 12.1. The van der Waals surface area contributed by atoms with Crippen molar-refractivity contribution in [3.05, 3.63) is 52.0 Å². The Morgan fingerprint density at radius 1 is 1.24 bits per heavy atom. The summed E-state index contributed by atoms with van der Waals surface area (Å²) >= 11 is 1.42. The van der Waals surface area contributed by atoms with Crippen LogP contribution in [-0.4, -0.2) is 16.1 Å². The van der Waals surface area contributed by atoms with Gasteiger partial charge in [0.25, 0.3) is 0 Å². The minimum atomic E-state index is -0.949. The fourth-order valence-electron chi connectivity index (χ4n) is 1.61. The number of carboxylic acids is 1. The average molecular weight is 247 g/mol. The van der Waals surface area contributed by atoms with Gasteiger partial charge in [-0.3, -0.25) is 0 Å². The molecule has 0 unspecified atom stereocenters. The lowest BCUT2D eigenvalue weighted by Crippen LogP contribution is -1.97. The fraction of sp³-hybridized carbons (Fsp3) is 0.231. The molecule has 1 aromatic carbocycles. The maximum absolute atomic E-state index is 10.7. The Hall–Kier alpha value is -1.68. The van der Waals surface area contributed by atoms with Crippen molar-refractivity contribution in [2.24, 2.45) is 0 Å². The molecule has 0 fully saturated rings. The number of benzene rings is 1. The van der Waals surface area contributed by atoms with Gasteiger partial charge in [0.05, 0.1) is 5.01 Å². The quantitative estimate of drug-likeness (QED) is 0.883. The molecule has 17 heavy (non-hydrogen) atoms. The van der Waals surface area contributed by atoms with Crippen LogP contribution in [0.4, 0.5) is 0 Å². The van der Waals surface area contributed by atoms with Crippen LogP contribution in [0.3, 0.4) is 0 Å². The van der Waals surface area contributed by atoms with Crippen LogP contribution in [0, 0.1) is 0 Å². The van der Waals surface area contributed by atoms with Crippen molar-refractivity contribution in [1.82, 2.24) is 4.98 Å². The maximum atomic E-state index is 10.7. The van der Waals surface area contributed by atoms with Crippen LogP contribution in [0.5, 0.6) is 0 Å². The molecule has 0 radical (unpaired) electrons. The number of carbonyl (C=O) groups is 1. The highest BCUT2D eigenvalue weighted by atomic mass is 32.1. The van der Waals surface area contributed by atoms with Gasteiger partial charge in [-0.1, -0.05) is 30.3 Å². The van der Waals surface area contributed by atoms with Crippen molar-refractivity contribution in [3.63, 3.8) is 0 Å². The first kappa shape index (κ1) is 11.8. The Kier molecular flexibility index (Phi) is 3.88. The molecule has 0 bridgehead atoms. The topological polar surface area (TPSA) is 50.2 Å². The minimum absolute atomic E-state index is 0.157. The molecule has 0 aliphatic carbocycles. The van der Waals surface area contributed by atoms with Crippen LogP contribution in [0.15, 0.2) is 35.7 Å². The van der Waals surface area contributed by atoms with E-state index in [1.807, 2.05) is 18.2 Å². The summed E-state index contributed by atoms with van der Waals surface area (Å²) in [6, 6.07) is 10.3. The van der Waals surface area contributed by atoms with Crippen LogP contribution < -0.4 is 0 Å². The third kappa shape index (κ3) is 3.39. The summed E-state index contributed by atoms with van der Waals surface area (Å²) < 4.78 is 0. The van der Waals surface area contributed by atoms with E-state index in [0.29, 0.717) is 0 Å². The van der Waals surface area contributed by atoms with Gasteiger partial charge in [-0.05, 0) is 24.8 Å². The van der Waals surface area contributed by atoms with E-state index in [9.17, 15) is 4.79 Å². The highest BCUT2D eigenvalue weighted by Gasteiger charge is 2.07. The minimum Gasteiger partial charge on any atom is -0.476 e. The van der Waals surface area contributed by atoms with E-state index < -0.39 is 5.97 Å². The van der Waals surface area contributed by atoms with Crippen LogP contribution in [0.25, 0.3) is 0 Å². The summed E-state index contributed by atoms with van der Waals surface area (Å²) in [7, 11) is 0. The molecule has 88 valence electrons. The Morgan fingerprint density at radius 2 is 2.00 bits per heavy atom. The number of nitrogens with zero attached hydrogens (tertiary/aromatic N) is 1. The molecule has 0 atom stereocenters. The third-order valence-corrected chi connectivity index (χ3v) is 3.38. The lowest BCUT2D eigenvalue weighted by molar-refractivity contribution is 0.0691. The molecule has 4 heteroatoms. The zero-order valence-electron chi connectivity index (χ0n) is 9.30. The van der Waals surface area contributed by atoms with Crippen LogP contribution in [0.1, 0.15) is 27.5 Å². The van der Waals surface area contributed by atoms with Crippen LogP contribution in [-0.2, 0) is 12.8 Å². The number of aromatic nitrogens is 1. The lowest BCUT2D eigenvalue weighted by Gasteiger charge is -1.98. The molecule has 1 aromatic heterocycles. The van der Waals surface area contributed by atoms with Gasteiger partial charge < -0.3 is 5.11 Å². The molecule has 2 rings (SSSR count). The normalized spacial score (nSPS) is 10.4. The van der Waals surface area contributed by atoms with Gasteiger partial charge in [0, 0.05) is 5.38 Å². The van der Waals surface area contributed by atoms with E-state index in [1.54, 1.807) is 5.38 Å². The largest absolute Gasteiger partial charge is 0.476 e. The molecular formula is C13H13NO2S. The summed E-state index contributed by atoms with van der Waals surface area (Å²) in [5.74, 6) is -0.949. The van der Waals surface area contributed by atoms with Gasteiger partial charge in [-0.25, -0.2) is 9.78 Å². The molecule has 1 heterocycles. The van der Waals surface area contributed by atoms with Crippen molar-refractivity contribution in [3.8, 4) is 0 Å². The first-order chi connectivity index (χ1) is 8.25. The first-order valence-corrected chi connectivity index (χ1v) is 6.35. The lowest BCUT2D eigenvalue weighted by atomic mass is 10.1. The summed E-state index contributed by atoms with van der Waals surface area (Å²) in [5, 5.41) is 11.2. The third-order valence-electron chi connectivity index (χ3n) is 2.47. The second kappa shape index (κ2) is 5.59. The molecule has 0 aliphatic heterocycles. The number of aromatic carboxylic acids is 1. The first-order valence-electron chi connectivity index (χ1n) is 5.47. The monoisotopic (exact) mass is 247 g/mol. The summed E-state index contributed by atoms with van der Waals surface area (Å²) in [4.78, 5) is 14.7. The van der Waals surface area contributed by atoms with E-state index in [1.165, 1.54) is 16.9 Å². The van der Waals surface area contributed by atoms with Gasteiger partial charge in [0.1, 0.15) is 0 Å². The number of hydrogen-bond acceptors (Lipinski definition) is 3. The number of thiazole rings is 1. The predicted octanol–water partition coefficient (Wildman–Crippen LogP) is 3.02. The van der Waals surface area contributed by atoms with Crippen molar-refractivity contribution < 1.29 is 9.90 Å². The number of rotatable bonds is 5. The van der Waals surface area contributed by atoms with Gasteiger partial charge in [0.2, 0.25) is 0 Å². The van der Waals surface area contributed by atoms with Crippen molar-refractivity contribution in [2.75, 3.05) is 0 Å². The van der Waals surface area contributed by atoms with Gasteiger partial charge >= 0.3 is 5.97 Å². The predicted molar refractivity (Wildman–Crippen MR) is 67.5 cm³/mol. The smallest absolute Gasteiger partial charge is 0.355 e. The summed E-state index contributed by atoms with van der Waals surface area (Å²) in [6.07, 6.45) is 2.84. The van der Waals surface area contributed by atoms with E-state index in [0.717, 1.165) is 24.3 Å². The molecular weight excluding hydrogens is 234 g/mol. The molecule has 1 N–H and O–H groups in total. The standard InChI is InChI=1S/C13H13NO2S/c15-13(16)11-9-17-12(14-11)8-4-7-10-5-2-1-3-6-10/h1-3,5-6,9H,4,7-8H2,(H,15,16). The van der Waals surface area contributed by atoms with E-state index >= 15 is 0 Å². The van der Waals surface area contributed by atoms with Crippen LogP contribution >= 0.6 is 11.3 Å². The van der Waals surface area contributed by atoms with Gasteiger partial charge in [-0.2, -0.15) is 0 Å². The highest BCUT2D eigenvalue weighted by molar-refractivity contribution is 7.09.